The summed E-state index contributed by atoms with van der Waals surface area (Å²) in [5.74, 6) is 0. The second-order valence-electron chi connectivity index (χ2n) is 4.91. The Bertz CT molecular complexity index is 314. The molecule has 0 saturated carbocycles. The zero-order valence-electron chi connectivity index (χ0n) is 10.2. The minimum absolute atomic E-state index is 0.00262. The summed E-state index contributed by atoms with van der Waals surface area (Å²) < 4.78 is 29.8. The van der Waals surface area contributed by atoms with Crippen molar-refractivity contribution in [3.05, 3.63) is 0 Å². The quantitative estimate of drug-likeness (QED) is 0.655. The van der Waals surface area contributed by atoms with Gasteiger partial charge in [-0.15, -0.1) is 0 Å². The molecule has 0 aromatic carbocycles. The zero-order chi connectivity index (χ0) is 12.2. The Labute approximate surface area is 98.0 Å². The Hall–Kier alpha value is -0.170. The molecule has 1 aliphatic rings. The molecule has 6 heteroatoms. The Morgan fingerprint density at radius 1 is 1.38 bits per heavy atom. The summed E-state index contributed by atoms with van der Waals surface area (Å²) in [5, 5.41) is 3.19. The highest BCUT2D eigenvalue weighted by Gasteiger charge is 2.30. The van der Waals surface area contributed by atoms with Gasteiger partial charge in [-0.2, -0.15) is 0 Å². The lowest BCUT2D eigenvalue weighted by Crippen LogP contribution is -2.35. The Kier molecular flexibility index (Phi) is 4.73. The van der Waals surface area contributed by atoms with E-state index in [1.807, 2.05) is 0 Å². The average molecular weight is 250 g/mol. The van der Waals surface area contributed by atoms with Gasteiger partial charge in [-0.3, -0.25) is 0 Å². The van der Waals surface area contributed by atoms with Crippen LogP contribution >= 0.6 is 0 Å². The third-order valence-corrected chi connectivity index (χ3v) is 3.32. The molecule has 1 saturated heterocycles. The van der Waals surface area contributed by atoms with E-state index in [-0.39, 0.29) is 11.7 Å². The monoisotopic (exact) mass is 250 g/mol. The Morgan fingerprint density at radius 2 is 2.06 bits per heavy atom. The van der Waals surface area contributed by atoms with E-state index in [0.29, 0.717) is 13.1 Å². The second kappa shape index (κ2) is 5.44. The fraction of sp³-hybridized carbons (Fsp3) is 1.00. The van der Waals surface area contributed by atoms with Crippen molar-refractivity contribution < 1.29 is 13.2 Å². The first kappa shape index (κ1) is 13.9. The molecule has 0 aromatic rings. The molecule has 1 aliphatic heterocycles. The molecule has 1 rings (SSSR count). The van der Waals surface area contributed by atoms with Crippen molar-refractivity contribution in [2.24, 2.45) is 0 Å². The molecule has 0 radical (unpaired) electrons. The minimum atomic E-state index is -3.06. The molecule has 16 heavy (non-hydrogen) atoms. The number of rotatable bonds is 6. The summed E-state index contributed by atoms with van der Waals surface area (Å²) in [5.41, 5.74) is -0.00262. The minimum Gasteiger partial charge on any atom is -0.371 e. The van der Waals surface area contributed by atoms with Crippen molar-refractivity contribution in [2.75, 3.05) is 25.9 Å². The molecule has 96 valence electrons. The number of sulfonamides is 1. The lowest BCUT2D eigenvalue weighted by Gasteiger charge is -2.19. The van der Waals surface area contributed by atoms with Crippen molar-refractivity contribution in [3.8, 4) is 0 Å². The molecule has 1 atom stereocenters. The van der Waals surface area contributed by atoms with Gasteiger partial charge in [0.15, 0.2) is 0 Å². The summed E-state index contributed by atoms with van der Waals surface area (Å²) in [4.78, 5) is 0. The fourth-order valence-electron chi connectivity index (χ4n) is 1.81. The largest absolute Gasteiger partial charge is 0.371 e. The van der Waals surface area contributed by atoms with Gasteiger partial charge in [0.25, 0.3) is 0 Å². The fourth-order valence-corrected chi connectivity index (χ4v) is 2.28. The molecule has 0 bridgehead atoms. The molecule has 0 aromatic heterocycles. The van der Waals surface area contributed by atoms with Gasteiger partial charge in [0.05, 0.1) is 18.0 Å². The Morgan fingerprint density at radius 3 is 2.56 bits per heavy atom. The third kappa shape index (κ3) is 5.79. The lowest BCUT2D eigenvalue weighted by molar-refractivity contribution is -0.0140. The van der Waals surface area contributed by atoms with Crippen LogP contribution in [0.2, 0.25) is 0 Å². The van der Waals surface area contributed by atoms with Gasteiger partial charge in [-0.25, -0.2) is 13.1 Å². The average Bonchev–Trinajstić information content (AvgIpc) is 2.43. The maximum Gasteiger partial charge on any atom is 0.208 e. The van der Waals surface area contributed by atoms with Gasteiger partial charge in [0.1, 0.15) is 0 Å². The van der Waals surface area contributed by atoms with Crippen LogP contribution in [0.5, 0.6) is 0 Å². The van der Waals surface area contributed by atoms with Crippen molar-refractivity contribution in [2.45, 2.75) is 38.4 Å². The maximum absolute atomic E-state index is 10.8. The maximum atomic E-state index is 10.8. The smallest absolute Gasteiger partial charge is 0.208 e. The van der Waals surface area contributed by atoms with E-state index >= 15 is 0 Å². The first-order valence-electron chi connectivity index (χ1n) is 5.62. The first-order valence-corrected chi connectivity index (χ1v) is 7.51. The van der Waals surface area contributed by atoms with Gasteiger partial charge in [-0.1, -0.05) is 0 Å². The van der Waals surface area contributed by atoms with E-state index in [1.54, 1.807) is 0 Å². The highest BCUT2D eigenvalue weighted by molar-refractivity contribution is 7.88. The van der Waals surface area contributed by atoms with Gasteiger partial charge in [-0.05, 0) is 26.7 Å². The van der Waals surface area contributed by atoms with Crippen LogP contribution in [0.4, 0.5) is 0 Å². The van der Waals surface area contributed by atoms with Gasteiger partial charge >= 0.3 is 0 Å². The number of ether oxygens (including phenoxy) is 1. The van der Waals surface area contributed by atoms with E-state index in [4.69, 9.17) is 4.74 Å². The molecule has 0 aliphatic carbocycles. The first-order chi connectivity index (χ1) is 7.29. The molecule has 2 N–H and O–H groups in total. The summed E-state index contributed by atoms with van der Waals surface area (Å²) in [7, 11) is -3.06. The van der Waals surface area contributed by atoms with Crippen LogP contribution in [-0.4, -0.2) is 46.0 Å². The molecule has 1 heterocycles. The van der Waals surface area contributed by atoms with E-state index < -0.39 is 10.0 Å². The van der Waals surface area contributed by atoms with Crippen LogP contribution in [-0.2, 0) is 14.8 Å². The van der Waals surface area contributed by atoms with Crippen LogP contribution in [0.3, 0.4) is 0 Å². The SMILES string of the molecule is CC1(C)CCC(CNCCNS(C)(=O)=O)O1. The van der Waals surface area contributed by atoms with E-state index in [9.17, 15) is 8.42 Å². The highest BCUT2D eigenvalue weighted by Crippen LogP contribution is 2.28. The van der Waals surface area contributed by atoms with E-state index in [2.05, 4.69) is 23.9 Å². The van der Waals surface area contributed by atoms with Gasteiger partial charge < -0.3 is 10.1 Å². The molecular formula is C10H22N2O3S. The molecule has 1 fully saturated rings. The molecule has 1 unspecified atom stereocenters. The summed E-state index contributed by atoms with van der Waals surface area (Å²) >= 11 is 0. The molecule has 0 spiro atoms. The lowest BCUT2D eigenvalue weighted by atomic mass is 10.1. The number of nitrogens with one attached hydrogen (secondary N) is 2. The highest BCUT2D eigenvalue weighted by atomic mass is 32.2. The Balaban J connectivity index is 2.05. The standard InChI is InChI=1S/C10H22N2O3S/c1-10(2)5-4-9(15-10)8-11-6-7-12-16(3,13)14/h9,11-12H,4-8H2,1-3H3. The predicted molar refractivity (Wildman–Crippen MR) is 63.9 cm³/mol. The normalized spacial score (nSPS) is 24.8. The van der Waals surface area contributed by atoms with E-state index in [0.717, 1.165) is 25.6 Å². The van der Waals surface area contributed by atoms with Crippen LogP contribution in [0.15, 0.2) is 0 Å². The predicted octanol–water partition coefficient (Wildman–Crippen LogP) is 0.0828. The summed E-state index contributed by atoms with van der Waals surface area (Å²) in [6.07, 6.45) is 3.57. The van der Waals surface area contributed by atoms with Crippen molar-refractivity contribution in [1.29, 1.82) is 0 Å². The summed E-state index contributed by atoms with van der Waals surface area (Å²) in [6.45, 7) is 6.04. The van der Waals surface area contributed by atoms with Crippen LogP contribution in [0.25, 0.3) is 0 Å². The summed E-state index contributed by atoms with van der Waals surface area (Å²) in [6, 6.07) is 0. The zero-order valence-corrected chi connectivity index (χ0v) is 11.1. The van der Waals surface area contributed by atoms with Crippen molar-refractivity contribution >= 4 is 10.0 Å². The molecule has 0 amide bonds. The van der Waals surface area contributed by atoms with Gasteiger partial charge in [0.2, 0.25) is 10.0 Å². The van der Waals surface area contributed by atoms with E-state index in [1.165, 1.54) is 0 Å². The molecule has 5 nitrogen and oxygen atoms in total. The van der Waals surface area contributed by atoms with Crippen LogP contribution in [0, 0.1) is 0 Å². The number of hydrogen-bond acceptors (Lipinski definition) is 4. The van der Waals surface area contributed by atoms with Crippen LogP contribution < -0.4 is 10.0 Å². The van der Waals surface area contributed by atoms with Gasteiger partial charge in [0, 0.05) is 19.6 Å². The number of hydrogen-bond donors (Lipinski definition) is 2. The topological polar surface area (TPSA) is 67.4 Å². The van der Waals surface area contributed by atoms with Crippen molar-refractivity contribution in [3.63, 3.8) is 0 Å². The third-order valence-electron chi connectivity index (χ3n) is 2.59. The van der Waals surface area contributed by atoms with Crippen molar-refractivity contribution in [1.82, 2.24) is 10.0 Å². The second-order valence-corrected chi connectivity index (χ2v) is 6.74. The molecular weight excluding hydrogens is 228 g/mol. The van der Waals surface area contributed by atoms with Crippen LogP contribution in [0.1, 0.15) is 26.7 Å².